The normalized spacial score (nSPS) is 11.0. The molecule has 1 aromatic carbocycles. The van der Waals surface area contributed by atoms with Crippen molar-refractivity contribution in [3.05, 3.63) is 58.7 Å². The Morgan fingerprint density at radius 1 is 1.36 bits per heavy atom. The third-order valence-corrected chi connectivity index (χ3v) is 3.87. The number of aromatic nitrogens is 4. The summed E-state index contributed by atoms with van der Waals surface area (Å²) in [7, 11) is 0. The van der Waals surface area contributed by atoms with E-state index < -0.39 is 17.2 Å². The molecule has 1 amide bonds. The van der Waals surface area contributed by atoms with E-state index in [0.717, 1.165) is 6.07 Å². The van der Waals surface area contributed by atoms with Gasteiger partial charge in [-0.2, -0.15) is 5.10 Å². The zero-order chi connectivity index (χ0) is 17.8. The molecule has 0 atom stereocenters. The first kappa shape index (κ1) is 16.8. The van der Waals surface area contributed by atoms with Crippen LogP contribution in [-0.2, 0) is 13.1 Å². The Morgan fingerprint density at radius 3 is 2.92 bits per heavy atom. The lowest BCUT2D eigenvalue weighted by molar-refractivity contribution is 0.0944. The molecule has 0 unspecified atom stereocenters. The van der Waals surface area contributed by atoms with Crippen molar-refractivity contribution < 1.29 is 9.18 Å². The molecule has 7 nitrogen and oxygen atoms in total. The Morgan fingerprint density at radius 2 is 2.20 bits per heavy atom. The molecule has 0 fully saturated rings. The first-order valence-electron chi connectivity index (χ1n) is 8.04. The maximum Gasteiger partial charge on any atom is 0.275 e. The van der Waals surface area contributed by atoms with Crippen LogP contribution < -0.4 is 10.7 Å². The third kappa shape index (κ3) is 3.57. The van der Waals surface area contributed by atoms with Gasteiger partial charge in [0.25, 0.3) is 5.91 Å². The number of hydrogen-bond acceptors (Lipinski definition) is 4. The number of fused-ring (bicyclic) bond motifs is 1. The summed E-state index contributed by atoms with van der Waals surface area (Å²) in [6.45, 7) is 3.40. The molecule has 1 N–H and O–H groups in total. The van der Waals surface area contributed by atoms with Gasteiger partial charge in [0, 0.05) is 32.0 Å². The number of benzene rings is 1. The minimum Gasteiger partial charge on any atom is -0.350 e. The lowest BCUT2D eigenvalue weighted by Crippen LogP contribution is -2.33. The highest BCUT2D eigenvalue weighted by molar-refractivity contribution is 5.95. The van der Waals surface area contributed by atoms with Gasteiger partial charge in [0.15, 0.2) is 5.69 Å². The van der Waals surface area contributed by atoms with Gasteiger partial charge in [-0.3, -0.25) is 14.3 Å². The van der Waals surface area contributed by atoms with Crippen LogP contribution in [0.25, 0.3) is 10.9 Å². The first-order chi connectivity index (χ1) is 12.1. The van der Waals surface area contributed by atoms with E-state index in [1.165, 1.54) is 16.8 Å². The van der Waals surface area contributed by atoms with Crippen molar-refractivity contribution in [3.63, 3.8) is 0 Å². The predicted octanol–water partition coefficient (Wildman–Crippen LogP) is 1.57. The van der Waals surface area contributed by atoms with E-state index in [2.05, 4.69) is 15.4 Å². The Balaban J connectivity index is 1.78. The second-order valence-corrected chi connectivity index (χ2v) is 5.56. The number of halogens is 1. The van der Waals surface area contributed by atoms with E-state index in [9.17, 15) is 14.0 Å². The average Bonchev–Trinajstić information content (AvgIpc) is 3.12. The molecule has 0 saturated carbocycles. The zero-order valence-electron chi connectivity index (χ0n) is 13.8. The van der Waals surface area contributed by atoms with Gasteiger partial charge in [0.05, 0.1) is 17.2 Å². The minimum absolute atomic E-state index is 0.153. The predicted molar refractivity (Wildman–Crippen MR) is 90.8 cm³/mol. The smallest absolute Gasteiger partial charge is 0.275 e. The molecule has 0 aliphatic heterocycles. The number of carbonyl (C=O) groups is 1. The van der Waals surface area contributed by atoms with Crippen LogP contribution in [0.1, 0.15) is 23.8 Å². The maximum absolute atomic E-state index is 13.5. The van der Waals surface area contributed by atoms with Gasteiger partial charge in [-0.1, -0.05) is 0 Å². The fourth-order valence-electron chi connectivity index (χ4n) is 2.62. The van der Waals surface area contributed by atoms with Gasteiger partial charge in [0.1, 0.15) is 5.82 Å². The monoisotopic (exact) mass is 343 g/mol. The SMILES string of the molecule is CCn1nc(C(=O)NCCCn2ccnc2)c(=O)c2cc(F)ccc21. The summed E-state index contributed by atoms with van der Waals surface area (Å²) in [6.07, 6.45) is 5.90. The van der Waals surface area contributed by atoms with Crippen molar-refractivity contribution in [1.82, 2.24) is 24.6 Å². The van der Waals surface area contributed by atoms with Crippen LogP contribution in [0.5, 0.6) is 0 Å². The molecule has 2 aromatic heterocycles. The third-order valence-electron chi connectivity index (χ3n) is 3.87. The summed E-state index contributed by atoms with van der Waals surface area (Å²) in [5.74, 6) is -1.07. The van der Waals surface area contributed by atoms with Gasteiger partial charge >= 0.3 is 0 Å². The molecule has 3 rings (SSSR count). The summed E-state index contributed by atoms with van der Waals surface area (Å²) in [4.78, 5) is 28.8. The molecule has 2 heterocycles. The van der Waals surface area contributed by atoms with E-state index in [0.29, 0.717) is 31.6 Å². The van der Waals surface area contributed by atoms with Gasteiger partial charge in [-0.15, -0.1) is 0 Å². The van der Waals surface area contributed by atoms with Crippen LogP contribution in [0.4, 0.5) is 4.39 Å². The second kappa shape index (κ2) is 7.25. The molecule has 0 bridgehead atoms. The lowest BCUT2D eigenvalue weighted by atomic mass is 10.2. The lowest BCUT2D eigenvalue weighted by Gasteiger charge is -2.10. The van der Waals surface area contributed by atoms with Crippen molar-refractivity contribution in [2.24, 2.45) is 0 Å². The summed E-state index contributed by atoms with van der Waals surface area (Å²) in [5.41, 5.74) is -0.278. The largest absolute Gasteiger partial charge is 0.350 e. The van der Waals surface area contributed by atoms with Crippen LogP contribution in [0.2, 0.25) is 0 Å². The molecule has 130 valence electrons. The van der Waals surface area contributed by atoms with Crippen LogP contribution in [-0.4, -0.2) is 31.8 Å². The maximum atomic E-state index is 13.5. The first-order valence-corrected chi connectivity index (χ1v) is 8.04. The Bertz CT molecular complexity index is 950. The number of rotatable bonds is 6. The number of nitrogens with one attached hydrogen (secondary N) is 1. The number of imidazole rings is 1. The standard InChI is InChI=1S/C17H18FN5O2/c1-2-23-14-5-4-12(18)10-13(14)16(24)15(21-23)17(25)20-6-3-8-22-9-7-19-11-22/h4-5,7,9-11H,2-3,6,8H2,1H3,(H,20,25). The van der Waals surface area contributed by atoms with Crippen molar-refractivity contribution in [1.29, 1.82) is 0 Å². The summed E-state index contributed by atoms with van der Waals surface area (Å²) >= 11 is 0. The summed E-state index contributed by atoms with van der Waals surface area (Å²) in [6, 6.07) is 3.90. The van der Waals surface area contributed by atoms with Crippen LogP contribution >= 0.6 is 0 Å². The minimum atomic E-state index is -0.564. The Labute approximate surface area is 143 Å². The highest BCUT2D eigenvalue weighted by atomic mass is 19.1. The fraction of sp³-hybridized carbons (Fsp3) is 0.294. The van der Waals surface area contributed by atoms with Gasteiger partial charge in [-0.05, 0) is 31.5 Å². The van der Waals surface area contributed by atoms with Crippen LogP contribution in [0, 0.1) is 5.82 Å². The van der Waals surface area contributed by atoms with Crippen molar-refractivity contribution in [3.8, 4) is 0 Å². The van der Waals surface area contributed by atoms with E-state index in [1.807, 2.05) is 17.7 Å². The van der Waals surface area contributed by atoms with E-state index in [1.54, 1.807) is 12.5 Å². The number of hydrogen-bond donors (Lipinski definition) is 1. The van der Waals surface area contributed by atoms with E-state index in [-0.39, 0.29) is 11.1 Å². The molecular formula is C17H18FN5O2. The quantitative estimate of drug-likeness (QED) is 0.689. The number of carbonyl (C=O) groups excluding carboxylic acids is 1. The molecule has 0 spiro atoms. The summed E-state index contributed by atoms with van der Waals surface area (Å²) < 4.78 is 16.9. The highest BCUT2D eigenvalue weighted by Crippen LogP contribution is 2.12. The second-order valence-electron chi connectivity index (χ2n) is 5.56. The highest BCUT2D eigenvalue weighted by Gasteiger charge is 2.17. The van der Waals surface area contributed by atoms with Crippen molar-refractivity contribution >= 4 is 16.8 Å². The molecule has 25 heavy (non-hydrogen) atoms. The van der Waals surface area contributed by atoms with Gasteiger partial charge < -0.3 is 9.88 Å². The topological polar surface area (TPSA) is 81.8 Å². The number of amides is 1. The van der Waals surface area contributed by atoms with Crippen LogP contribution in [0.15, 0.2) is 41.7 Å². The van der Waals surface area contributed by atoms with Crippen molar-refractivity contribution in [2.75, 3.05) is 6.54 Å². The molecule has 3 aromatic rings. The molecule has 0 aliphatic rings. The zero-order valence-corrected chi connectivity index (χ0v) is 13.8. The average molecular weight is 343 g/mol. The number of nitrogens with zero attached hydrogens (tertiary/aromatic N) is 4. The van der Waals surface area contributed by atoms with Gasteiger partial charge in [0.2, 0.25) is 5.43 Å². The van der Waals surface area contributed by atoms with E-state index in [4.69, 9.17) is 0 Å². The molecule has 0 radical (unpaired) electrons. The number of aryl methyl sites for hydroxylation is 2. The molecule has 8 heteroatoms. The summed E-state index contributed by atoms with van der Waals surface area (Å²) in [5, 5.41) is 6.98. The molecule has 0 saturated heterocycles. The fourth-order valence-corrected chi connectivity index (χ4v) is 2.62. The Kier molecular flexibility index (Phi) is 4.87. The molecular weight excluding hydrogens is 325 g/mol. The molecule has 0 aliphatic carbocycles. The van der Waals surface area contributed by atoms with Crippen molar-refractivity contribution in [2.45, 2.75) is 26.4 Å². The van der Waals surface area contributed by atoms with Gasteiger partial charge in [-0.25, -0.2) is 9.37 Å². The Hall–Kier alpha value is -3.03. The van der Waals surface area contributed by atoms with E-state index >= 15 is 0 Å². The van der Waals surface area contributed by atoms with Crippen LogP contribution in [0.3, 0.4) is 0 Å².